The molecule has 0 aromatic heterocycles. The van der Waals surface area contributed by atoms with Gasteiger partial charge in [0.2, 0.25) is 0 Å². The van der Waals surface area contributed by atoms with Gasteiger partial charge in [-0.25, -0.2) is 0 Å². The summed E-state index contributed by atoms with van der Waals surface area (Å²) in [5, 5.41) is 0. The molecule has 100 valence electrons. The quantitative estimate of drug-likeness (QED) is 0.851. The van der Waals surface area contributed by atoms with Gasteiger partial charge in [0.15, 0.2) is 0 Å². The number of aryl methyl sites for hydroxylation is 2. The second kappa shape index (κ2) is 5.24. The molecule has 0 bridgehead atoms. The van der Waals surface area contributed by atoms with Crippen molar-refractivity contribution in [2.24, 2.45) is 0 Å². The molecule has 2 nitrogen and oxygen atoms in total. The zero-order chi connectivity index (χ0) is 13.3. The van der Waals surface area contributed by atoms with Crippen molar-refractivity contribution in [3.63, 3.8) is 0 Å². The van der Waals surface area contributed by atoms with Crippen molar-refractivity contribution in [3.8, 4) is 0 Å². The zero-order valence-electron chi connectivity index (χ0n) is 11.7. The van der Waals surface area contributed by atoms with Gasteiger partial charge in [0.05, 0.1) is 6.04 Å². The summed E-state index contributed by atoms with van der Waals surface area (Å²) in [5.74, 6) is 0. The van der Waals surface area contributed by atoms with Crippen LogP contribution in [0, 0.1) is 0 Å². The third-order valence-corrected chi connectivity index (χ3v) is 5.14. The van der Waals surface area contributed by atoms with Crippen LogP contribution in [0.25, 0.3) is 0 Å². The smallest absolute Gasteiger partial charge is 0.136 e. The van der Waals surface area contributed by atoms with Crippen LogP contribution in [0.4, 0.5) is 0 Å². The number of rotatable bonds is 3. The third-order valence-electron chi connectivity index (χ3n) is 3.46. The fourth-order valence-corrected chi connectivity index (χ4v) is 3.08. The minimum absolute atomic E-state index is 0.135. The molecule has 0 spiro atoms. The van der Waals surface area contributed by atoms with Gasteiger partial charge in [0.1, 0.15) is 4.75 Å². The molecule has 2 rings (SSSR count). The Bertz CT molecular complexity index is 425. The number of benzene rings is 1. The predicted molar refractivity (Wildman–Crippen MR) is 77.9 cm³/mol. The highest BCUT2D eigenvalue weighted by Crippen LogP contribution is 2.26. The molecule has 0 saturated carbocycles. The van der Waals surface area contributed by atoms with Gasteiger partial charge in [-0.1, -0.05) is 18.2 Å². The van der Waals surface area contributed by atoms with E-state index in [4.69, 9.17) is 0 Å². The molecule has 0 amide bonds. The van der Waals surface area contributed by atoms with Gasteiger partial charge in [-0.05, 0) is 63.6 Å². The van der Waals surface area contributed by atoms with Crippen LogP contribution in [0.5, 0.6) is 0 Å². The average molecular weight is 265 g/mol. The van der Waals surface area contributed by atoms with E-state index in [0.29, 0.717) is 0 Å². The van der Waals surface area contributed by atoms with E-state index in [-0.39, 0.29) is 10.8 Å². The van der Waals surface area contributed by atoms with E-state index in [1.807, 2.05) is 20.8 Å². The third kappa shape index (κ3) is 3.08. The van der Waals surface area contributed by atoms with Gasteiger partial charge in [0.25, 0.3) is 0 Å². The fourth-order valence-electron chi connectivity index (χ4n) is 2.27. The molecular formula is C15H23NOS. The number of hydrogen-bond acceptors (Lipinski definition) is 2. The minimum Gasteiger partial charge on any atom is -0.598 e. The average Bonchev–Trinajstić information content (AvgIpc) is 2.74. The first kappa shape index (κ1) is 13.9. The maximum Gasteiger partial charge on any atom is 0.136 e. The van der Waals surface area contributed by atoms with Gasteiger partial charge >= 0.3 is 0 Å². The van der Waals surface area contributed by atoms with Crippen molar-refractivity contribution in [1.82, 2.24) is 4.72 Å². The lowest BCUT2D eigenvalue weighted by molar-refractivity contribution is 0.531. The van der Waals surface area contributed by atoms with E-state index in [9.17, 15) is 4.55 Å². The van der Waals surface area contributed by atoms with Crippen LogP contribution in [0.1, 0.15) is 56.8 Å². The summed E-state index contributed by atoms with van der Waals surface area (Å²) in [6.07, 6.45) is 3.68. The molecular weight excluding hydrogens is 242 g/mol. The van der Waals surface area contributed by atoms with E-state index in [1.165, 1.54) is 36.0 Å². The van der Waals surface area contributed by atoms with E-state index >= 15 is 0 Å². The fraction of sp³-hybridized carbons (Fsp3) is 0.600. The van der Waals surface area contributed by atoms with Crippen LogP contribution in [-0.2, 0) is 24.2 Å². The van der Waals surface area contributed by atoms with E-state index in [2.05, 4.69) is 29.8 Å². The van der Waals surface area contributed by atoms with Crippen molar-refractivity contribution < 1.29 is 4.55 Å². The molecule has 1 unspecified atom stereocenters. The zero-order valence-corrected chi connectivity index (χ0v) is 12.6. The lowest BCUT2D eigenvalue weighted by Gasteiger charge is -2.26. The van der Waals surface area contributed by atoms with E-state index in [1.54, 1.807) is 0 Å². The van der Waals surface area contributed by atoms with Crippen molar-refractivity contribution in [1.29, 1.82) is 0 Å². The Balaban J connectivity index is 2.07. The van der Waals surface area contributed by atoms with Crippen molar-refractivity contribution in [2.45, 2.75) is 57.7 Å². The summed E-state index contributed by atoms with van der Waals surface area (Å²) >= 11 is -1.02. The molecule has 0 fully saturated rings. The summed E-state index contributed by atoms with van der Waals surface area (Å²) in [5.41, 5.74) is 4.21. The molecule has 0 saturated heterocycles. The maximum absolute atomic E-state index is 12.1. The van der Waals surface area contributed by atoms with Crippen LogP contribution in [0.2, 0.25) is 0 Å². The summed E-state index contributed by atoms with van der Waals surface area (Å²) < 4.78 is 15.1. The summed E-state index contributed by atoms with van der Waals surface area (Å²) in [6.45, 7) is 8.06. The Morgan fingerprint density at radius 1 is 1.22 bits per heavy atom. The molecule has 2 atom stereocenters. The molecule has 0 heterocycles. The second-order valence-electron chi connectivity index (χ2n) is 6.10. The molecule has 1 aliphatic carbocycles. The topological polar surface area (TPSA) is 35.1 Å². The molecule has 0 aliphatic heterocycles. The predicted octanol–water partition coefficient (Wildman–Crippen LogP) is 3.29. The standard InChI is InChI=1S/C15H23NOS/c1-11(16-18(17)15(2,3)4)13-9-8-12-6-5-7-14(12)10-13/h8-11,16H,5-7H2,1-4H3/t11-,18?/m0/s1. The van der Waals surface area contributed by atoms with Crippen molar-refractivity contribution in [2.75, 3.05) is 0 Å². The first-order valence-corrected chi connectivity index (χ1v) is 7.82. The van der Waals surface area contributed by atoms with Crippen LogP contribution < -0.4 is 4.72 Å². The molecule has 1 aromatic carbocycles. The van der Waals surface area contributed by atoms with Crippen molar-refractivity contribution >= 4 is 11.4 Å². The molecule has 3 heteroatoms. The van der Waals surface area contributed by atoms with Crippen LogP contribution in [0.15, 0.2) is 18.2 Å². The Morgan fingerprint density at radius 2 is 1.89 bits per heavy atom. The van der Waals surface area contributed by atoms with Crippen LogP contribution in [0.3, 0.4) is 0 Å². The first-order valence-electron chi connectivity index (χ1n) is 6.67. The Morgan fingerprint density at radius 3 is 2.56 bits per heavy atom. The van der Waals surface area contributed by atoms with E-state index in [0.717, 1.165) is 0 Å². The summed E-state index contributed by atoms with van der Waals surface area (Å²) in [4.78, 5) is 0. The Labute approximate surface area is 113 Å². The highest BCUT2D eigenvalue weighted by molar-refractivity contribution is 7.90. The normalized spacial score (nSPS) is 18.5. The van der Waals surface area contributed by atoms with Crippen LogP contribution >= 0.6 is 0 Å². The summed E-state index contributed by atoms with van der Waals surface area (Å²) in [6, 6.07) is 6.81. The lowest BCUT2D eigenvalue weighted by Crippen LogP contribution is -2.40. The summed E-state index contributed by atoms with van der Waals surface area (Å²) in [7, 11) is 0. The molecule has 1 aromatic rings. The highest BCUT2D eigenvalue weighted by Gasteiger charge is 2.28. The largest absolute Gasteiger partial charge is 0.598 e. The van der Waals surface area contributed by atoms with Gasteiger partial charge in [-0.2, -0.15) is 0 Å². The minimum atomic E-state index is -1.02. The molecule has 18 heavy (non-hydrogen) atoms. The maximum atomic E-state index is 12.1. The molecule has 1 N–H and O–H groups in total. The van der Waals surface area contributed by atoms with E-state index < -0.39 is 11.4 Å². The number of hydrogen-bond donors (Lipinski definition) is 1. The first-order chi connectivity index (χ1) is 8.38. The molecule has 1 aliphatic rings. The monoisotopic (exact) mass is 265 g/mol. The molecule has 0 radical (unpaired) electrons. The second-order valence-corrected chi connectivity index (χ2v) is 8.10. The highest BCUT2D eigenvalue weighted by atomic mass is 32.2. The Hall–Kier alpha value is -0.510. The van der Waals surface area contributed by atoms with Gasteiger partial charge in [-0.3, -0.25) is 0 Å². The van der Waals surface area contributed by atoms with Crippen molar-refractivity contribution in [3.05, 3.63) is 34.9 Å². The van der Waals surface area contributed by atoms with Gasteiger partial charge in [0, 0.05) is 11.4 Å². The number of nitrogens with one attached hydrogen (secondary N) is 1. The van der Waals surface area contributed by atoms with Crippen LogP contribution in [-0.4, -0.2) is 9.30 Å². The Kier molecular flexibility index (Phi) is 4.05. The SMILES string of the molecule is C[C@H](N[S+]([O-])C(C)(C)C)c1ccc2c(c1)CCC2. The number of fused-ring (bicyclic) bond motifs is 1. The lowest BCUT2D eigenvalue weighted by atomic mass is 10.0. The van der Waals surface area contributed by atoms with Gasteiger partial charge in [-0.15, -0.1) is 4.72 Å². The van der Waals surface area contributed by atoms with Gasteiger partial charge < -0.3 is 4.55 Å².